The molecule has 0 amide bonds. The minimum Gasteiger partial charge on any atom is -0.366 e. The van der Waals surface area contributed by atoms with Gasteiger partial charge in [-0.1, -0.05) is 0 Å². The van der Waals surface area contributed by atoms with Crippen LogP contribution in [0.25, 0.3) is 0 Å². The zero-order chi connectivity index (χ0) is 13.4. The van der Waals surface area contributed by atoms with E-state index in [0.717, 1.165) is 13.3 Å². The van der Waals surface area contributed by atoms with Gasteiger partial charge in [-0.2, -0.15) is 13.2 Å². The molecule has 1 saturated heterocycles. The van der Waals surface area contributed by atoms with E-state index in [-0.39, 0.29) is 19.6 Å². The Morgan fingerprint density at radius 1 is 1.39 bits per heavy atom. The van der Waals surface area contributed by atoms with Crippen molar-refractivity contribution in [2.75, 3.05) is 20.2 Å². The summed E-state index contributed by atoms with van der Waals surface area (Å²) < 4.78 is 55.6. The van der Waals surface area contributed by atoms with Crippen molar-refractivity contribution in [1.29, 1.82) is 0 Å². The Bertz CT molecular complexity index is 429. The third kappa shape index (κ3) is 2.32. The molecule has 0 radical (unpaired) electrons. The number of likely N-dealkylation sites (tertiary alicyclic amines) is 1. The van der Waals surface area contributed by atoms with E-state index in [1.807, 2.05) is 0 Å². The zero-order valence-electron chi connectivity index (χ0n) is 9.67. The summed E-state index contributed by atoms with van der Waals surface area (Å²) in [6, 6.07) is 1.26. The summed E-state index contributed by atoms with van der Waals surface area (Å²) in [5.41, 5.74) is -1.55. The molecule has 0 spiro atoms. The Hall–Kier alpha value is -1.21. The fourth-order valence-electron chi connectivity index (χ4n) is 2.01. The number of aromatic nitrogens is 1. The maximum Gasteiger partial charge on any atom is 0.419 e. The van der Waals surface area contributed by atoms with Gasteiger partial charge in [0.2, 0.25) is 0 Å². The van der Waals surface area contributed by atoms with E-state index in [0.29, 0.717) is 5.56 Å². The van der Waals surface area contributed by atoms with E-state index in [1.54, 1.807) is 0 Å². The molecule has 0 bridgehead atoms. The molecule has 18 heavy (non-hydrogen) atoms. The summed E-state index contributed by atoms with van der Waals surface area (Å²) in [4.78, 5) is 5.18. The molecule has 0 saturated carbocycles. The quantitative estimate of drug-likeness (QED) is 0.781. The van der Waals surface area contributed by atoms with Gasteiger partial charge in [-0.15, -0.1) is 0 Å². The summed E-state index contributed by atoms with van der Waals surface area (Å²) in [6.07, 6.45) is -1.91. The Morgan fingerprint density at radius 3 is 2.56 bits per heavy atom. The molecule has 100 valence electrons. The summed E-state index contributed by atoms with van der Waals surface area (Å²) >= 11 is 0. The molecule has 1 aliphatic heterocycles. The molecular weight excluding hydrogens is 252 g/mol. The third-order valence-electron chi connectivity index (χ3n) is 3.03. The summed E-state index contributed by atoms with van der Waals surface area (Å²) in [6.45, 7) is -0.265. The first-order valence-electron chi connectivity index (χ1n) is 5.30. The van der Waals surface area contributed by atoms with Crippen molar-refractivity contribution in [1.82, 2.24) is 9.88 Å². The van der Waals surface area contributed by atoms with Crippen LogP contribution in [-0.2, 0) is 11.3 Å². The second-order valence-corrected chi connectivity index (χ2v) is 4.35. The molecular formula is C11H12F4N2O. The summed E-state index contributed by atoms with van der Waals surface area (Å²) in [5, 5.41) is 0. The first kappa shape index (κ1) is 13.2. The van der Waals surface area contributed by atoms with Gasteiger partial charge in [-0.25, -0.2) is 4.39 Å². The van der Waals surface area contributed by atoms with Gasteiger partial charge < -0.3 is 4.74 Å². The standard InChI is InChI=1S/C11H12F4N2O/c1-18-10(11(13,14)15)6-17(7-10)5-8-2-9(12)4-16-3-8/h2-4H,5-7H2,1H3. The molecule has 1 aromatic heterocycles. The average Bonchev–Trinajstić information content (AvgIpc) is 2.21. The number of halogens is 4. The van der Waals surface area contributed by atoms with Crippen molar-refractivity contribution in [2.24, 2.45) is 0 Å². The van der Waals surface area contributed by atoms with E-state index < -0.39 is 17.6 Å². The van der Waals surface area contributed by atoms with E-state index >= 15 is 0 Å². The minimum atomic E-state index is -4.39. The van der Waals surface area contributed by atoms with Gasteiger partial charge >= 0.3 is 6.18 Å². The van der Waals surface area contributed by atoms with Gasteiger partial charge in [-0.3, -0.25) is 9.88 Å². The van der Waals surface area contributed by atoms with Crippen LogP contribution in [0.1, 0.15) is 5.56 Å². The largest absolute Gasteiger partial charge is 0.419 e. The summed E-state index contributed by atoms with van der Waals surface area (Å²) in [7, 11) is 1.05. The maximum atomic E-state index is 12.9. The Morgan fingerprint density at radius 2 is 2.06 bits per heavy atom. The van der Waals surface area contributed by atoms with Gasteiger partial charge in [0.15, 0.2) is 5.60 Å². The maximum absolute atomic E-state index is 12.9. The second-order valence-electron chi connectivity index (χ2n) is 4.35. The van der Waals surface area contributed by atoms with Crippen LogP contribution in [-0.4, -0.2) is 41.9 Å². The predicted molar refractivity (Wildman–Crippen MR) is 55.3 cm³/mol. The number of hydrogen-bond donors (Lipinski definition) is 0. The van der Waals surface area contributed by atoms with Gasteiger partial charge in [-0.05, 0) is 11.6 Å². The highest BCUT2D eigenvalue weighted by atomic mass is 19.4. The lowest BCUT2D eigenvalue weighted by Gasteiger charge is -2.49. The van der Waals surface area contributed by atoms with Crippen LogP contribution in [0.5, 0.6) is 0 Å². The number of alkyl halides is 3. The Kier molecular flexibility index (Phi) is 3.29. The monoisotopic (exact) mass is 264 g/mol. The molecule has 0 atom stereocenters. The highest BCUT2D eigenvalue weighted by molar-refractivity contribution is 5.12. The van der Waals surface area contributed by atoms with Crippen molar-refractivity contribution in [3.63, 3.8) is 0 Å². The smallest absolute Gasteiger partial charge is 0.366 e. The SMILES string of the molecule is COC1(C(F)(F)F)CN(Cc2cncc(F)c2)C1. The average molecular weight is 264 g/mol. The van der Waals surface area contributed by atoms with E-state index in [2.05, 4.69) is 9.72 Å². The normalized spacial score (nSPS) is 19.6. The number of pyridine rings is 1. The molecule has 0 N–H and O–H groups in total. The predicted octanol–water partition coefficient (Wildman–Crippen LogP) is 1.98. The molecule has 0 aliphatic carbocycles. The number of methoxy groups -OCH3 is 1. The van der Waals surface area contributed by atoms with Crippen LogP contribution in [0.3, 0.4) is 0 Å². The fraction of sp³-hybridized carbons (Fsp3) is 0.545. The lowest BCUT2D eigenvalue weighted by Crippen LogP contribution is -2.69. The van der Waals surface area contributed by atoms with Crippen LogP contribution in [0, 0.1) is 5.82 Å². The van der Waals surface area contributed by atoms with Crippen LogP contribution >= 0.6 is 0 Å². The van der Waals surface area contributed by atoms with Crippen LogP contribution in [0.4, 0.5) is 17.6 Å². The van der Waals surface area contributed by atoms with Crippen molar-refractivity contribution < 1.29 is 22.3 Å². The van der Waals surface area contributed by atoms with E-state index in [1.165, 1.54) is 17.2 Å². The Balaban J connectivity index is 1.97. The van der Waals surface area contributed by atoms with Crippen LogP contribution in [0.15, 0.2) is 18.5 Å². The van der Waals surface area contributed by atoms with Crippen molar-refractivity contribution >= 4 is 0 Å². The highest BCUT2D eigenvalue weighted by Gasteiger charge is 2.62. The number of ether oxygens (including phenoxy) is 1. The number of hydrogen-bond acceptors (Lipinski definition) is 3. The van der Waals surface area contributed by atoms with Gasteiger partial charge in [0.05, 0.1) is 6.20 Å². The Labute approximate surface area is 101 Å². The molecule has 1 aliphatic rings. The van der Waals surface area contributed by atoms with Crippen molar-refractivity contribution in [3.05, 3.63) is 29.8 Å². The lowest BCUT2D eigenvalue weighted by atomic mass is 9.92. The molecule has 1 aromatic rings. The zero-order valence-corrected chi connectivity index (χ0v) is 9.67. The third-order valence-corrected chi connectivity index (χ3v) is 3.03. The fourth-order valence-corrected chi connectivity index (χ4v) is 2.01. The summed E-state index contributed by atoms with van der Waals surface area (Å²) in [5.74, 6) is -0.498. The molecule has 0 unspecified atom stereocenters. The highest BCUT2D eigenvalue weighted by Crippen LogP contribution is 2.40. The van der Waals surface area contributed by atoms with Crippen LogP contribution < -0.4 is 0 Å². The molecule has 2 heterocycles. The molecule has 7 heteroatoms. The van der Waals surface area contributed by atoms with Gasteiger partial charge in [0, 0.05) is 32.9 Å². The topological polar surface area (TPSA) is 25.4 Å². The molecule has 0 aromatic carbocycles. The molecule has 1 fully saturated rings. The number of rotatable bonds is 3. The van der Waals surface area contributed by atoms with Gasteiger partial charge in [0.1, 0.15) is 5.82 Å². The van der Waals surface area contributed by atoms with Gasteiger partial charge in [0.25, 0.3) is 0 Å². The second kappa shape index (κ2) is 4.47. The van der Waals surface area contributed by atoms with E-state index in [9.17, 15) is 17.6 Å². The molecule has 2 rings (SSSR count). The molecule has 3 nitrogen and oxygen atoms in total. The number of nitrogens with zero attached hydrogens (tertiary/aromatic N) is 2. The lowest BCUT2D eigenvalue weighted by molar-refractivity contribution is -0.312. The van der Waals surface area contributed by atoms with E-state index in [4.69, 9.17) is 0 Å². The first-order valence-corrected chi connectivity index (χ1v) is 5.30. The van der Waals surface area contributed by atoms with Crippen molar-refractivity contribution in [2.45, 2.75) is 18.3 Å². The van der Waals surface area contributed by atoms with Crippen molar-refractivity contribution in [3.8, 4) is 0 Å². The minimum absolute atomic E-state index is 0.228. The van der Waals surface area contributed by atoms with Crippen LogP contribution in [0.2, 0.25) is 0 Å². The first-order chi connectivity index (χ1) is 8.36.